The Kier molecular flexibility index (Phi) is 9.67. The van der Waals surface area contributed by atoms with Gasteiger partial charge >= 0.3 is 6.18 Å². The Morgan fingerprint density at radius 1 is 0.862 bits per heavy atom. The van der Waals surface area contributed by atoms with Crippen LogP contribution >= 0.6 is 0 Å². The zero-order valence-corrected chi connectivity index (χ0v) is 16.2. The van der Waals surface area contributed by atoms with Crippen molar-refractivity contribution in [1.29, 1.82) is 0 Å². The summed E-state index contributed by atoms with van der Waals surface area (Å²) >= 11 is 0. The molecule has 0 saturated heterocycles. The van der Waals surface area contributed by atoms with E-state index in [1.165, 1.54) is 5.56 Å². The zero-order chi connectivity index (χ0) is 21.0. The van der Waals surface area contributed by atoms with Crippen LogP contribution in [0.3, 0.4) is 0 Å². The van der Waals surface area contributed by atoms with E-state index in [0.29, 0.717) is 38.2 Å². The molecular formula is C22H26F3NO3. The lowest BCUT2D eigenvalue weighted by atomic mass is 10.1. The molecule has 0 aliphatic carbocycles. The summed E-state index contributed by atoms with van der Waals surface area (Å²) in [6.45, 7) is 0.173. The Morgan fingerprint density at radius 3 is 2.24 bits per heavy atom. The molecule has 0 unspecified atom stereocenters. The van der Waals surface area contributed by atoms with Crippen molar-refractivity contribution in [1.82, 2.24) is 5.32 Å². The molecule has 158 valence electrons. The van der Waals surface area contributed by atoms with Crippen molar-refractivity contribution in [2.24, 2.45) is 0 Å². The molecular weight excluding hydrogens is 383 g/mol. The van der Waals surface area contributed by atoms with Gasteiger partial charge in [-0.25, -0.2) is 0 Å². The summed E-state index contributed by atoms with van der Waals surface area (Å²) in [6, 6.07) is 17.0. The molecule has 0 saturated carbocycles. The van der Waals surface area contributed by atoms with Gasteiger partial charge in [-0.1, -0.05) is 54.6 Å². The summed E-state index contributed by atoms with van der Waals surface area (Å²) in [5.41, 5.74) is 2.75. The number of amides is 1. The minimum absolute atomic E-state index is 0.0609. The van der Waals surface area contributed by atoms with Crippen molar-refractivity contribution in [2.75, 3.05) is 19.8 Å². The third kappa shape index (κ3) is 10.7. The van der Waals surface area contributed by atoms with E-state index in [0.717, 1.165) is 12.0 Å². The van der Waals surface area contributed by atoms with Gasteiger partial charge in [0.15, 0.2) is 0 Å². The fourth-order valence-electron chi connectivity index (χ4n) is 2.60. The van der Waals surface area contributed by atoms with E-state index in [4.69, 9.17) is 4.74 Å². The van der Waals surface area contributed by atoms with Crippen LogP contribution in [0.15, 0.2) is 54.6 Å². The molecule has 0 heterocycles. The lowest BCUT2D eigenvalue weighted by Crippen LogP contribution is -2.22. The van der Waals surface area contributed by atoms with E-state index >= 15 is 0 Å². The number of halogens is 3. The quantitative estimate of drug-likeness (QED) is 0.528. The molecule has 0 aliphatic rings. The lowest BCUT2D eigenvalue weighted by molar-refractivity contribution is -0.176. The first-order valence-electron chi connectivity index (χ1n) is 9.53. The summed E-state index contributed by atoms with van der Waals surface area (Å²) in [7, 11) is 0. The summed E-state index contributed by atoms with van der Waals surface area (Å²) in [5, 5.41) is 2.82. The van der Waals surface area contributed by atoms with E-state index in [9.17, 15) is 18.0 Å². The molecule has 0 aromatic heterocycles. The van der Waals surface area contributed by atoms with Crippen molar-refractivity contribution in [3.05, 3.63) is 71.3 Å². The van der Waals surface area contributed by atoms with E-state index in [1.54, 1.807) is 24.3 Å². The summed E-state index contributed by atoms with van der Waals surface area (Å²) in [4.78, 5) is 11.9. The van der Waals surface area contributed by atoms with Crippen LogP contribution in [-0.2, 0) is 33.8 Å². The van der Waals surface area contributed by atoms with E-state index in [1.807, 2.05) is 18.2 Å². The van der Waals surface area contributed by atoms with E-state index < -0.39 is 12.8 Å². The number of rotatable bonds is 12. The highest BCUT2D eigenvalue weighted by molar-refractivity contribution is 5.75. The molecule has 0 bridgehead atoms. The highest BCUT2D eigenvalue weighted by Crippen LogP contribution is 2.15. The average molecular weight is 409 g/mol. The molecule has 7 heteroatoms. The summed E-state index contributed by atoms with van der Waals surface area (Å²) in [5.74, 6) is -0.0609. The highest BCUT2D eigenvalue weighted by Gasteiger charge is 2.27. The number of hydrogen-bond acceptors (Lipinski definition) is 3. The smallest absolute Gasteiger partial charge is 0.381 e. The van der Waals surface area contributed by atoms with Crippen molar-refractivity contribution in [3.8, 4) is 0 Å². The van der Waals surface area contributed by atoms with Crippen LogP contribution in [-0.4, -0.2) is 31.9 Å². The Morgan fingerprint density at radius 2 is 1.55 bits per heavy atom. The second kappa shape index (κ2) is 12.2. The Bertz CT molecular complexity index is 718. The molecule has 2 rings (SSSR count). The summed E-state index contributed by atoms with van der Waals surface area (Å²) < 4.78 is 46.3. The van der Waals surface area contributed by atoms with Gasteiger partial charge < -0.3 is 14.8 Å². The standard InChI is InChI=1S/C22H26F3NO3/c23-22(24,25)17-29-16-20-10-8-19(9-11-20)15-26-21(27)7-4-13-28-14-12-18-5-2-1-3-6-18/h1-3,5-6,8-11H,4,7,12-17H2,(H,26,27). The zero-order valence-electron chi connectivity index (χ0n) is 16.2. The Balaban J connectivity index is 1.53. The Labute approximate surface area is 169 Å². The molecule has 1 N–H and O–H groups in total. The lowest BCUT2D eigenvalue weighted by Gasteiger charge is -2.09. The minimum Gasteiger partial charge on any atom is -0.381 e. The fraction of sp³-hybridized carbons (Fsp3) is 0.409. The molecule has 1 amide bonds. The summed E-state index contributed by atoms with van der Waals surface area (Å²) in [6.07, 6.45) is -2.44. The Hall–Kier alpha value is -2.38. The largest absolute Gasteiger partial charge is 0.411 e. The maximum absolute atomic E-state index is 12.0. The number of nitrogens with one attached hydrogen (secondary N) is 1. The fourth-order valence-corrected chi connectivity index (χ4v) is 2.60. The third-order valence-corrected chi connectivity index (χ3v) is 4.12. The first kappa shape index (κ1) is 22.9. The SMILES string of the molecule is O=C(CCCOCCc1ccccc1)NCc1ccc(COCC(F)(F)F)cc1. The molecule has 2 aromatic rings. The molecule has 0 atom stereocenters. The van der Waals surface area contributed by atoms with Gasteiger partial charge in [0.05, 0.1) is 13.2 Å². The molecule has 2 aromatic carbocycles. The predicted octanol–water partition coefficient (Wildman–Crippen LogP) is 4.42. The van der Waals surface area contributed by atoms with E-state index in [2.05, 4.69) is 22.2 Å². The first-order valence-corrected chi connectivity index (χ1v) is 9.53. The van der Waals surface area contributed by atoms with Crippen molar-refractivity contribution in [2.45, 2.75) is 38.6 Å². The van der Waals surface area contributed by atoms with E-state index in [-0.39, 0.29) is 12.5 Å². The number of alkyl halides is 3. The number of carbonyl (C=O) groups is 1. The second-order valence-electron chi connectivity index (χ2n) is 6.65. The average Bonchev–Trinajstić information content (AvgIpc) is 2.70. The maximum atomic E-state index is 12.0. The van der Waals surface area contributed by atoms with Gasteiger partial charge in [-0.15, -0.1) is 0 Å². The molecule has 0 aliphatic heterocycles. The van der Waals surface area contributed by atoms with Gasteiger partial charge in [0, 0.05) is 19.6 Å². The predicted molar refractivity (Wildman–Crippen MR) is 104 cm³/mol. The number of hydrogen-bond donors (Lipinski definition) is 1. The van der Waals surface area contributed by atoms with Gasteiger partial charge in [-0.3, -0.25) is 4.79 Å². The van der Waals surface area contributed by atoms with Gasteiger partial charge in [-0.05, 0) is 29.5 Å². The molecule has 29 heavy (non-hydrogen) atoms. The van der Waals surface area contributed by atoms with Crippen LogP contribution in [0.4, 0.5) is 13.2 Å². The number of benzene rings is 2. The molecule has 4 nitrogen and oxygen atoms in total. The van der Waals surface area contributed by atoms with Crippen LogP contribution in [0.5, 0.6) is 0 Å². The second-order valence-corrected chi connectivity index (χ2v) is 6.65. The molecule has 0 fully saturated rings. The number of ether oxygens (including phenoxy) is 2. The van der Waals surface area contributed by atoms with Crippen LogP contribution < -0.4 is 5.32 Å². The molecule has 0 radical (unpaired) electrons. The van der Waals surface area contributed by atoms with Crippen molar-refractivity contribution >= 4 is 5.91 Å². The van der Waals surface area contributed by atoms with Crippen LogP contribution in [0.2, 0.25) is 0 Å². The van der Waals surface area contributed by atoms with Gasteiger partial charge in [-0.2, -0.15) is 13.2 Å². The van der Waals surface area contributed by atoms with Gasteiger partial charge in [0.25, 0.3) is 0 Å². The number of carbonyl (C=O) groups excluding carboxylic acids is 1. The van der Waals surface area contributed by atoms with Gasteiger partial charge in [0.2, 0.25) is 5.91 Å². The highest BCUT2D eigenvalue weighted by atomic mass is 19.4. The first-order chi connectivity index (χ1) is 13.9. The van der Waals surface area contributed by atoms with Crippen LogP contribution in [0, 0.1) is 0 Å². The van der Waals surface area contributed by atoms with Crippen molar-refractivity contribution in [3.63, 3.8) is 0 Å². The third-order valence-electron chi connectivity index (χ3n) is 4.12. The maximum Gasteiger partial charge on any atom is 0.411 e. The van der Waals surface area contributed by atoms with Crippen LogP contribution in [0.1, 0.15) is 29.5 Å². The normalized spacial score (nSPS) is 11.4. The molecule has 0 spiro atoms. The minimum atomic E-state index is -4.32. The van der Waals surface area contributed by atoms with Crippen molar-refractivity contribution < 1.29 is 27.4 Å². The van der Waals surface area contributed by atoms with Crippen LogP contribution in [0.25, 0.3) is 0 Å². The topological polar surface area (TPSA) is 47.6 Å². The monoisotopic (exact) mass is 409 g/mol. The van der Waals surface area contributed by atoms with Gasteiger partial charge in [0.1, 0.15) is 6.61 Å².